The normalized spacial score (nSPS) is 18.1. The topological polar surface area (TPSA) is 43.5 Å². The maximum atomic E-state index is 6.53. The molecule has 2 atom stereocenters. The van der Waals surface area contributed by atoms with Crippen LogP contribution in [0.25, 0.3) is 11.1 Å². The van der Waals surface area contributed by atoms with Crippen LogP contribution in [-0.4, -0.2) is 46.7 Å². The highest BCUT2D eigenvalue weighted by Gasteiger charge is 2.46. The summed E-state index contributed by atoms with van der Waals surface area (Å²) in [4.78, 5) is 0. The van der Waals surface area contributed by atoms with Crippen molar-refractivity contribution < 1.29 is 18.9 Å². The van der Waals surface area contributed by atoms with E-state index in [0.717, 1.165) is 56.8 Å². The highest BCUT2D eigenvalue weighted by Crippen LogP contribution is 2.56. The van der Waals surface area contributed by atoms with Crippen LogP contribution in [0.15, 0.2) is 109 Å². The highest BCUT2D eigenvalue weighted by molar-refractivity contribution is 6.89. The second-order valence-electron chi connectivity index (χ2n) is 15.7. The summed E-state index contributed by atoms with van der Waals surface area (Å²) in [5.41, 5.74) is 11.2. The van der Waals surface area contributed by atoms with Crippen molar-refractivity contribution >= 4 is 13.3 Å². The van der Waals surface area contributed by atoms with Gasteiger partial charge in [0.05, 0.1) is 26.7 Å². The molecule has 2 unspecified atom stereocenters. The maximum Gasteiger partial charge on any atom is 0.122 e. The van der Waals surface area contributed by atoms with Crippen molar-refractivity contribution in [2.75, 3.05) is 26.4 Å². The molecule has 0 saturated carbocycles. The Morgan fingerprint density at radius 3 is 1.65 bits per heavy atom. The molecule has 0 aromatic heterocycles. The lowest BCUT2D eigenvalue weighted by atomic mass is 9.67. The minimum Gasteiger partial charge on any atom is -0.491 e. The van der Waals surface area contributed by atoms with Crippen LogP contribution in [0, 0.1) is 6.92 Å². The SMILES string of the molecule is CCCCc1cc(C2(c3ccc(OCC4CO4)c(CCC[Si](C)(C)c4ccc(C)cc4)c3)c3ccccc3-c3ccccc32)ccc1OCC1CO1. The van der Waals surface area contributed by atoms with E-state index in [2.05, 4.69) is 136 Å². The van der Waals surface area contributed by atoms with Crippen LogP contribution in [-0.2, 0) is 27.7 Å². The van der Waals surface area contributed by atoms with E-state index in [1.165, 1.54) is 61.3 Å². The smallest absolute Gasteiger partial charge is 0.122 e. The van der Waals surface area contributed by atoms with Crippen molar-refractivity contribution in [1.29, 1.82) is 0 Å². The molecule has 8 rings (SSSR count). The molecule has 0 spiro atoms. The molecule has 52 heavy (non-hydrogen) atoms. The number of aryl methyl sites for hydroxylation is 3. The third-order valence-electron chi connectivity index (χ3n) is 11.5. The Balaban J connectivity index is 1.23. The summed E-state index contributed by atoms with van der Waals surface area (Å²) in [6.07, 6.45) is 5.73. The molecule has 2 saturated heterocycles. The van der Waals surface area contributed by atoms with Gasteiger partial charge >= 0.3 is 0 Å². The van der Waals surface area contributed by atoms with Gasteiger partial charge < -0.3 is 18.9 Å². The first kappa shape index (κ1) is 34.9. The van der Waals surface area contributed by atoms with Crippen LogP contribution in [0.2, 0.25) is 19.1 Å². The Bertz CT molecular complexity index is 1980. The molecule has 0 N–H and O–H groups in total. The van der Waals surface area contributed by atoms with Crippen LogP contribution in [0.3, 0.4) is 0 Å². The fourth-order valence-electron chi connectivity index (χ4n) is 8.25. The molecule has 0 amide bonds. The average molecular weight is 709 g/mol. The lowest BCUT2D eigenvalue weighted by molar-refractivity contribution is 0.261. The summed E-state index contributed by atoms with van der Waals surface area (Å²) in [6, 6.07) is 42.6. The molecule has 1 aliphatic carbocycles. The van der Waals surface area contributed by atoms with E-state index in [1.54, 1.807) is 0 Å². The molecular formula is C47H52O4Si. The first-order valence-corrected chi connectivity index (χ1v) is 22.6. The molecule has 3 aliphatic rings. The zero-order valence-corrected chi connectivity index (χ0v) is 32.3. The van der Waals surface area contributed by atoms with E-state index >= 15 is 0 Å². The Morgan fingerprint density at radius 2 is 1.15 bits per heavy atom. The van der Waals surface area contributed by atoms with Gasteiger partial charge in [0.2, 0.25) is 0 Å². The largest absolute Gasteiger partial charge is 0.491 e. The first-order chi connectivity index (χ1) is 25.4. The number of epoxide rings is 2. The predicted molar refractivity (Wildman–Crippen MR) is 214 cm³/mol. The second kappa shape index (κ2) is 14.7. The molecule has 5 aromatic rings. The van der Waals surface area contributed by atoms with Gasteiger partial charge in [0.1, 0.15) is 36.9 Å². The summed E-state index contributed by atoms with van der Waals surface area (Å²) in [6.45, 7) is 12.2. The van der Waals surface area contributed by atoms with Crippen molar-refractivity contribution in [1.82, 2.24) is 0 Å². The van der Waals surface area contributed by atoms with Gasteiger partial charge in [-0.3, -0.25) is 0 Å². The summed E-state index contributed by atoms with van der Waals surface area (Å²) in [5.74, 6) is 1.97. The van der Waals surface area contributed by atoms with E-state index in [-0.39, 0.29) is 12.2 Å². The monoisotopic (exact) mass is 708 g/mol. The van der Waals surface area contributed by atoms with Gasteiger partial charge in [0, 0.05) is 0 Å². The lowest BCUT2D eigenvalue weighted by Gasteiger charge is -2.35. The van der Waals surface area contributed by atoms with Crippen molar-refractivity contribution in [2.24, 2.45) is 0 Å². The van der Waals surface area contributed by atoms with Crippen molar-refractivity contribution in [3.05, 3.63) is 148 Å². The van der Waals surface area contributed by atoms with Gasteiger partial charge in [-0.1, -0.05) is 147 Å². The van der Waals surface area contributed by atoms with Gasteiger partial charge in [0.15, 0.2) is 0 Å². The van der Waals surface area contributed by atoms with Crippen LogP contribution < -0.4 is 14.7 Å². The molecule has 4 nitrogen and oxygen atoms in total. The minimum absolute atomic E-state index is 0.203. The predicted octanol–water partition coefficient (Wildman–Crippen LogP) is 9.80. The lowest BCUT2D eigenvalue weighted by Crippen LogP contribution is -2.41. The summed E-state index contributed by atoms with van der Waals surface area (Å²) in [5, 5.41) is 1.53. The molecule has 2 aliphatic heterocycles. The molecule has 2 fully saturated rings. The van der Waals surface area contributed by atoms with Crippen LogP contribution >= 0.6 is 0 Å². The van der Waals surface area contributed by atoms with Crippen LogP contribution in [0.1, 0.15) is 65.1 Å². The minimum atomic E-state index is -1.62. The summed E-state index contributed by atoms with van der Waals surface area (Å²) in [7, 11) is -1.62. The van der Waals surface area contributed by atoms with Crippen molar-refractivity contribution in [2.45, 2.75) is 82.7 Å². The van der Waals surface area contributed by atoms with E-state index < -0.39 is 13.5 Å². The van der Waals surface area contributed by atoms with E-state index in [0.29, 0.717) is 13.2 Å². The third-order valence-corrected chi connectivity index (χ3v) is 15.0. The number of unbranched alkanes of at least 4 members (excludes halogenated alkanes) is 1. The van der Waals surface area contributed by atoms with Crippen LogP contribution in [0.4, 0.5) is 0 Å². The zero-order chi connectivity index (χ0) is 35.7. The Morgan fingerprint density at radius 1 is 0.654 bits per heavy atom. The van der Waals surface area contributed by atoms with E-state index in [9.17, 15) is 0 Å². The Kier molecular flexibility index (Phi) is 9.86. The number of hydrogen-bond acceptors (Lipinski definition) is 4. The molecule has 0 radical (unpaired) electrons. The second-order valence-corrected chi connectivity index (χ2v) is 20.6. The highest BCUT2D eigenvalue weighted by atomic mass is 28.3. The number of hydrogen-bond donors (Lipinski definition) is 0. The van der Waals surface area contributed by atoms with E-state index in [1.807, 2.05) is 0 Å². The molecular weight excluding hydrogens is 657 g/mol. The van der Waals surface area contributed by atoms with E-state index in [4.69, 9.17) is 18.9 Å². The summed E-state index contributed by atoms with van der Waals surface area (Å²) < 4.78 is 24.0. The van der Waals surface area contributed by atoms with Crippen molar-refractivity contribution in [3.8, 4) is 22.6 Å². The number of rotatable bonds is 16. The molecule has 0 bridgehead atoms. The van der Waals surface area contributed by atoms with Gasteiger partial charge in [0.25, 0.3) is 0 Å². The molecule has 5 heteroatoms. The number of fused-ring (bicyclic) bond motifs is 3. The molecule has 268 valence electrons. The average Bonchev–Trinajstić information content (AvgIpc) is 4.11. The van der Waals surface area contributed by atoms with Gasteiger partial charge in [-0.2, -0.15) is 0 Å². The first-order valence-electron chi connectivity index (χ1n) is 19.4. The fourth-order valence-corrected chi connectivity index (χ4v) is 10.7. The number of ether oxygens (including phenoxy) is 4. The summed E-state index contributed by atoms with van der Waals surface area (Å²) >= 11 is 0. The third kappa shape index (κ3) is 6.99. The van der Waals surface area contributed by atoms with Crippen LogP contribution in [0.5, 0.6) is 11.5 Å². The van der Waals surface area contributed by atoms with Gasteiger partial charge in [-0.15, -0.1) is 0 Å². The maximum absolute atomic E-state index is 6.53. The Hall–Kier alpha value is -4.16. The van der Waals surface area contributed by atoms with Gasteiger partial charge in [-0.05, 0) is 82.8 Å². The zero-order valence-electron chi connectivity index (χ0n) is 31.3. The number of benzene rings is 5. The Labute approximate surface area is 311 Å². The molecule has 2 heterocycles. The quantitative estimate of drug-likeness (QED) is 0.0742. The van der Waals surface area contributed by atoms with Gasteiger partial charge in [-0.25, -0.2) is 0 Å². The fraction of sp³-hybridized carbons (Fsp3) is 0.362. The van der Waals surface area contributed by atoms with Crippen molar-refractivity contribution in [3.63, 3.8) is 0 Å². The standard InChI is InChI=1S/C47H52O4Si/c1-5-6-12-34-27-36(20-24-45(34)50-31-38-29-48-38)47(43-16-9-7-14-41(43)42-15-8-10-17-44(42)47)37-21-25-46(51-32-39-30-49-39)35(28-37)13-11-26-52(3,4)40-22-18-33(2)19-23-40/h7-10,14-25,27-28,38-39H,5-6,11-13,26,29-32H2,1-4H3. The molecule has 5 aromatic carbocycles.